The van der Waals surface area contributed by atoms with E-state index in [2.05, 4.69) is 27.5 Å². The number of nitrogens with zero attached hydrogens (tertiary/aromatic N) is 5. The van der Waals surface area contributed by atoms with E-state index in [1.165, 1.54) is 7.11 Å². The van der Waals surface area contributed by atoms with Crippen molar-refractivity contribution in [2.24, 2.45) is 0 Å². The molecule has 1 aromatic heterocycles. The SMILES string of the molecule is COC(=O)[C@@H]1CN(Cn2nnn(-c3cc(C)ccc3C)c2=S)CCS1. The Bertz CT molecular complexity index is 832. The van der Waals surface area contributed by atoms with Gasteiger partial charge in [0.2, 0.25) is 4.77 Å². The summed E-state index contributed by atoms with van der Waals surface area (Å²) in [7, 11) is 1.42. The van der Waals surface area contributed by atoms with Gasteiger partial charge in [-0.05, 0) is 53.7 Å². The number of thioether (sulfide) groups is 1. The van der Waals surface area contributed by atoms with Crippen LogP contribution >= 0.6 is 24.0 Å². The lowest BCUT2D eigenvalue weighted by molar-refractivity contribution is -0.140. The normalized spacial score (nSPS) is 18.3. The molecule has 0 saturated carbocycles. The smallest absolute Gasteiger partial charge is 0.320 e. The predicted octanol–water partition coefficient (Wildman–Crippen LogP) is 1.96. The van der Waals surface area contributed by atoms with Crippen LogP contribution < -0.4 is 0 Å². The predicted molar refractivity (Wildman–Crippen MR) is 99.5 cm³/mol. The third kappa shape index (κ3) is 3.94. The molecule has 2 aromatic rings. The largest absolute Gasteiger partial charge is 0.468 e. The lowest BCUT2D eigenvalue weighted by atomic mass is 10.1. The highest BCUT2D eigenvalue weighted by Crippen LogP contribution is 2.20. The molecule has 2 heterocycles. The lowest BCUT2D eigenvalue weighted by Gasteiger charge is -2.30. The number of aromatic nitrogens is 4. The lowest BCUT2D eigenvalue weighted by Crippen LogP contribution is -2.42. The van der Waals surface area contributed by atoms with Crippen LogP contribution in [0.3, 0.4) is 0 Å². The van der Waals surface area contributed by atoms with Crippen LogP contribution in [0.4, 0.5) is 0 Å². The Hall–Kier alpha value is -1.71. The maximum absolute atomic E-state index is 11.8. The zero-order chi connectivity index (χ0) is 18.0. The van der Waals surface area contributed by atoms with E-state index in [0.29, 0.717) is 18.0 Å². The summed E-state index contributed by atoms with van der Waals surface area (Å²) >= 11 is 7.19. The molecule has 3 rings (SSSR count). The zero-order valence-corrected chi connectivity index (χ0v) is 16.1. The van der Waals surface area contributed by atoms with Crippen molar-refractivity contribution in [1.29, 1.82) is 0 Å². The minimum Gasteiger partial charge on any atom is -0.468 e. The topological polar surface area (TPSA) is 65.2 Å². The van der Waals surface area contributed by atoms with Gasteiger partial charge < -0.3 is 4.74 Å². The van der Waals surface area contributed by atoms with Crippen molar-refractivity contribution in [2.45, 2.75) is 25.8 Å². The van der Waals surface area contributed by atoms with E-state index in [4.69, 9.17) is 17.0 Å². The molecule has 0 N–H and O–H groups in total. The fourth-order valence-electron chi connectivity index (χ4n) is 2.76. The Morgan fingerprint density at radius 2 is 2.20 bits per heavy atom. The van der Waals surface area contributed by atoms with Crippen LogP contribution in [0.15, 0.2) is 18.2 Å². The molecule has 0 unspecified atom stereocenters. The van der Waals surface area contributed by atoms with Gasteiger partial charge in [-0.1, -0.05) is 12.1 Å². The van der Waals surface area contributed by atoms with Crippen LogP contribution in [-0.4, -0.2) is 61.9 Å². The van der Waals surface area contributed by atoms with Gasteiger partial charge in [-0.2, -0.15) is 4.68 Å². The fraction of sp³-hybridized carbons (Fsp3) is 0.500. The van der Waals surface area contributed by atoms with Crippen LogP contribution in [-0.2, 0) is 16.2 Å². The summed E-state index contributed by atoms with van der Waals surface area (Å²) in [6, 6.07) is 6.16. The van der Waals surface area contributed by atoms with Crippen molar-refractivity contribution in [3.05, 3.63) is 34.1 Å². The van der Waals surface area contributed by atoms with Gasteiger partial charge in [-0.15, -0.1) is 11.8 Å². The van der Waals surface area contributed by atoms with Gasteiger partial charge in [-0.25, -0.2) is 4.68 Å². The minimum absolute atomic E-state index is 0.165. The highest BCUT2D eigenvalue weighted by Gasteiger charge is 2.27. The molecule has 7 nitrogen and oxygen atoms in total. The molecule has 1 aliphatic heterocycles. The van der Waals surface area contributed by atoms with Crippen molar-refractivity contribution >= 4 is 29.9 Å². The first kappa shape index (κ1) is 18.1. The summed E-state index contributed by atoms with van der Waals surface area (Å²) in [5.41, 5.74) is 3.18. The number of rotatable bonds is 4. The highest BCUT2D eigenvalue weighted by atomic mass is 32.2. The summed E-state index contributed by atoms with van der Waals surface area (Å²) < 4.78 is 8.78. The van der Waals surface area contributed by atoms with Crippen LogP contribution in [0.25, 0.3) is 5.69 Å². The molecular formula is C16H21N5O2S2. The summed E-state index contributed by atoms with van der Waals surface area (Å²) in [5, 5.41) is 8.27. The molecule has 0 radical (unpaired) electrons. The second-order valence-electron chi connectivity index (χ2n) is 6.06. The standard InChI is InChI=1S/C16H21N5O2S2/c1-11-4-5-12(2)13(8-11)21-16(24)20(17-18-21)10-19-6-7-25-14(9-19)15(22)23-3/h4-5,8,14H,6-7,9-10H2,1-3H3/t14-/m0/s1. The van der Waals surface area contributed by atoms with Gasteiger partial charge in [0, 0.05) is 18.8 Å². The van der Waals surface area contributed by atoms with Crippen molar-refractivity contribution in [3.8, 4) is 5.69 Å². The quantitative estimate of drug-likeness (QED) is 0.594. The summed E-state index contributed by atoms with van der Waals surface area (Å²) in [6.45, 7) is 6.07. The maximum Gasteiger partial charge on any atom is 0.320 e. The number of tetrazole rings is 1. The molecule has 25 heavy (non-hydrogen) atoms. The number of carbonyl (C=O) groups is 1. The van der Waals surface area contributed by atoms with Gasteiger partial charge in [0.15, 0.2) is 0 Å². The second-order valence-corrected chi connectivity index (χ2v) is 7.74. The molecule has 1 fully saturated rings. The molecule has 0 amide bonds. The van der Waals surface area contributed by atoms with E-state index in [1.54, 1.807) is 21.1 Å². The number of methoxy groups -OCH3 is 1. The number of hydrogen-bond donors (Lipinski definition) is 0. The molecule has 1 aromatic carbocycles. The number of benzene rings is 1. The fourth-order valence-corrected chi connectivity index (χ4v) is 4.18. The average Bonchev–Trinajstić information content (AvgIpc) is 2.97. The first-order valence-electron chi connectivity index (χ1n) is 8.02. The molecule has 1 atom stereocenters. The third-order valence-corrected chi connectivity index (χ3v) is 5.73. The molecule has 0 aliphatic carbocycles. The molecule has 0 bridgehead atoms. The van der Waals surface area contributed by atoms with Crippen LogP contribution in [0.1, 0.15) is 11.1 Å². The average molecular weight is 380 g/mol. The Morgan fingerprint density at radius 1 is 1.40 bits per heavy atom. The Balaban J connectivity index is 1.79. The van der Waals surface area contributed by atoms with Crippen molar-refractivity contribution in [3.63, 3.8) is 0 Å². The first-order chi connectivity index (χ1) is 12.0. The maximum atomic E-state index is 11.8. The molecule has 1 aliphatic rings. The molecular weight excluding hydrogens is 358 g/mol. The molecule has 1 saturated heterocycles. The Morgan fingerprint density at radius 3 is 2.96 bits per heavy atom. The van der Waals surface area contributed by atoms with E-state index in [-0.39, 0.29) is 11.2 Å². The van der Waals surface area contributed by atoms with E-state index in [1.807, 2.05) is 19.9 Å². The highest BCUT2D eigenvalue weighted by molar-refractivity contribution is 8.00. The monoisotopic (exact) mass is 379 g/mol. The molecule has 134 valence electrons. The minimum atomic E-state index is -0.183. The first-order valence-corrected chi connectivity index (χ1v) is 9.47. The van der Waals surface area contributed by atoms with E-state index < -0.39 is 0 Å². The van der Waals surface area contributed by atoms with E-state index >= 15 is 0 Å². The summed E-state index contributed by atoms with van der Waals surface area (Å²) in [5.74, 6) is 0.690. The zero-order valence-electron chi connectivity index (χ0n) is 14.5. The molecule has 0 spiro atoms. The number of aryl methyl sites for hydroxylation is 2. The summed E-state index contributed by atoms with van der Waals surface area (Å²) in [4.78, 5) is 13.9. The van der Waals surface area contributed by atoms with E-state index in [0.717, 1.165) is 29.1 Å². The van der Waals surface area contributed by atoms with Crippen molar-refractivity contribution in [2.75, 3.05) is 26.0 Å². The Kier molecular flexibility index (Phi) is 5.55. The van der Waals surface area contributed by atoms with Gasteiger partial charge in [0.25, 0.3) is 0 Å². The van der Waals surface area contributed by atoms with Crippen LogP contribution in [0.2, 0.25) is 0 Å². The van der Waals surface area contributed by atoms with E-state index in [9.17, 15) is 4.79 Å². The second kappa shape index (κ2) is 7.67. The van der Waals surface area contributed by atoms with Gasteiger partial charge in [-0.3, -0.25) is 9.69 Å². The van der Waals surface area contributed by atoms with Gasteiger partial charge in [0.05, 0.1) is 19.5 Å². The van der Waals surface area contributed by atoms with Crippen LogP contribution in [0, 0.1) is 18.6 Å². The van der Waals surface area contributed by atoms with Crippen LogP contribution in [0.5, 0.6) is 0 Å². The number of ether oxygens (including phenoxy) is 1. The number of esters is 1. The van der Waals surface area contributed by atoms with Gasteiger partial charge in [0.1, 0.15) is 5.25 Å². The number of carbonyl (C=O) groups excluding carboxylic acids is 1. The Labute approximate surface area is 155 Å². The molecule has 9 heteroatoms. The third-order valence-electron chi connectivity index (χ3n) is 4.18. The summed E-state index contributed by atoms with van der Waals surface area (Å²) in [6.07, 6.45) is 0. The van der Waals surface area contributed by atoms with Crippen molar-refractivity contribution in [1.82, 2.24) is 24.7 Å². The number of hydrogen-bond acceptors (Lipinski definition) is 7. The van der Waals surface area contributed by atoms with Gasteiger partial charge >= 0.3 is 5.97 Å². The van der Waals surface area contributed by atoms with Crippen molar-refractivity contribution < 1.29 is 9.53 Å².